The summed E-state index contributed by atoms with van der Waals surface area (Å²) in [5.41, 5.74) is 0.184. The first-order valence-electron chi connectivity index (χ1n) is 6.40. The average Bonchev–Trinajstić information content (AvgIpc) is 2.86. The number of amides is 1. The molecule has 1 atom stereocenters. The van der Waals surface area contributed by atoms with Crippen molar-refractivity contribution in [2.24, 2.45) is 0 Å². The fourth-order valence-electron chi connectivity index (χ4n) is 2.24. The van der Waals surface area contributed by atoms with Gasteiger partial charge in [-0.1, -0.05) is 0 Å². The van der Waals surface area contributed by atoms with Crippen LogP contribution in [0.3, 0.4) is 0 Å². The summed E-state index contributed by atoms with van der Waals surface area (Å²) >= 11 is 0. The molecule has 0 spiro atoms. The molecule has 0 aromatic heterocycles. The number of carbonyl (C=O) groups excluding carboxylic acids is 1. The number of hydrogen-bond donors (Lipinski definition) is 0. The van der Waals surface area contributed by atoms with E-state index in [4.69, 9.17) is 0 Å². The molecule has 9 heteroatoms. The first kappa shape index (κ1) is 16.6. The number of nitrogens with zero attached hydrogens (tertiary/aromatic N) is 1. The van der Waals surface area contributed by atoms with Gasteiger partial charge < -0.3 is 9.64 Å². The summed E-state index contributed by atoms with van der Waals surface area (Å²) in [6.45, 7) is 0.399. The predicted molar refractivity (Wildman–Crippen MR) is 72.3 cm³/mol. The predicted octanol–water partition coefficient (Wildman–Crippen LogP) is 1.84. The quantitative estimate of drug-likeness (QED) is 0.844. The van der Waals surface area contributed by atoms with Gasteiger partial charge in [-0.2, -0.15) is 0 Å². The second-order valence-corrected chi connectivity index (χ2v) is 7.39. The third-order valence-corrected chi connectivity index (χ3v) is 4.97. The zero-order valence-electron chi connectivity index (χ0n) is 11.6. The normalized spacial score (nSPS) is 19.3. The van der Waals surface area contributed by atoms with Crippen molar-refractivity contribution in [1.29, 1.82) is 0 Å². The fraction of sp³-hybridized carbons (Fsp3) is 0.462. The summed E-state index contributed by atoms with van der Waals surface area (Å²) in [5.74, 6) is -0.829. The first-order valence-corrected chi connectivity index (χ1v) is 8.36. The molecular formula is C13H14F3NO4S. The minimum Gasteiger partial charge on any atom is -0.406 e. The molecule has 22 heavy (non-hydrogen) atoms. The second-order valence-electron chi connectivity index (χ2n) is 5.06. The van der Waals surface area contributed by atoms with E-state index in [2.05, 4.69) is 4.74 Å². The van der Waals surface area contributed by atoms with Crippen LogP contribution in [0, 0.1) is 0 Å². The molecule has 0 N–H and O–H groups in total. The maximum Gasteiger partial charge on any atom is 0.573 e. The Morgan fingerprint density at radius 2 is 1.86 bits per heavy atom. The second kappa shape index (κ2) is 5.79. The Kier molecular flexibility index (Phi) is 4.37. The van der Waals surface area contributed by atoms with E-state index in [0.29, 0.717) is 13.0 Å². The summed E-state index contributed by atoms with van der Waals surface area (Å²) in [7, 11) is -3.22. The number of alkyl halides is 3. The first-order chi connectivity index (χ1) is 10.1. The monoisotopic (exact) mass is 337 g/mol. The SMILES string of the molecule is CS(=O)(=O)[C@@H]1CCN(C(=O)c2ccc(OC(F)(F)F)cc2)C1. The van der Waals surface area contributed by atoms with Crippen LogP contribution in [0.25, 0.3) is 0 Å². The Hall–Kier alpha value is -1.77. The highest BCUT2D eigenvalue weighted by Gasteiger charge is 2.33. The van der Waals surface area contributed by atoms with Crippen LogP contribution in [0.1, 0.15) is 16.8 Å². The Morgan fingerprint density at radius 3 is 2.32 bits per heavy atom. The van der Waals surface area contributed by atoms with Gasteiger partial charge in [-0.3, -0.25) is 4.79 Å². The van der Waals surface area contributed by atoms with Crippen molar-refractivity contribution in [3.8, 4) is 5.75 Å². The number of likely N-dealkylation sites (tertiary alicyclic amines) is 1. The van der Waals surface area contributed by atoms with Gasteiger partial charge in [0.1, 0.15) is 5.75 Å². The highest BCUT2D eigenvalue weighted by atomic mass is 32.2. The summed E-state index contributed by atoms with van der Waals surface area (Å²) in [4.78, 5) is 13.6. The minimum atomic E-state index is -4.79. The van der Waals surface area contributed by atoms with Gasteiger partial charge in [-0.25, -0.2) is 8.42 Å². The minimum absolute atomic E-state index is 0.0957. The largest absolute Gasteiger partial charge is 0.573 e. The topological polar surface area (TPSA) is 63.7 Å². The van der Waals surface area contributed by atoms with E-state index in [-0.39, 0.29) is 12.1 Å². The van der Waals surface area contributed by atoms with Crippen LogP contribution in [0.2, 0.25) is 0 Å². The Bertz CT molecular complexity index is 655. The summed E-state index contributed by atoms with van der Waals surface area (Å²) in [6, 6.07) is 4.53. The fourth-order valence-corrected chi connectivity index (χ4v) is 3.23. The van der Waals surface area contributed by atoms with Crippen LogP contribution >= 0.6 is 0 Å². The zero-order chi connectivity index (χ0) is 16.5. The molecule has 5 nitrogen and oxygen atoms in total. The van der Waals surface area contributed by atoms with E-state index >= 15 is 0 Å². The lowest BCUT2D eigenvalue weighted by Gasteiger charge is -2.16. The van der Waals surface area contributed by atoms with E-state index < -0.39 is 33.1 Å². The number of sulfone groups is 1. The number of halogens is 3. The molecule has 1 fully saturated rings. The number of benzene rings is 1. The van der Waals surface area contributed by atoms with E-state index in [1.807, 2.05) is 0 Å². The number of carbonyl (C=O) groups is 1. The van der Waals surface area contributed by atoms with Crippen molar-refractivity contribution in [1.82, 2.24) is 4.90 Å². The molecule has 1 amide bonds. The highest BCUT2D eigenvalue weighted by molar-refractivity contribution is 7.91. The van der Waals surface area contributed by atoms with Crippen molar-refractivity contribution >= 4 is 15.7 Å². The van der Waals surface area contributed by atoms with Crippen LogP contribution in [0.5, 0.6) is 5.75 Å². The Balaban J connectivity index is 2.05. The summed E-state index contributed by atoms with van der Waals surface area (Å²) in [5, 5.41) is -0.593. The van der Waals surface area contributed by atoms with Crippen molar-refractivity contribution in [2.45, 2.75) is 18.0 Å². The Labute approximate surface area is 125 Å². The van der Waals surface area contributed by atoms with Gasteiger partial charge in [-0.05, 0) is 30.7 Å². The molecule has 0 aliphatic carbocycles. The molecule has 1 aromatic rings. The molecule has 122 valence electrons. The third-order valence-electron chi connectivity index (χ3n) is 3.37. The van der Waals surface area contributed by atoms with Gasteiger partial charge in [0.15, 0.2) is 9.84 Å². The zero-order valence-corrected chi connectivity index (χ0v) is 12.4. The Morgan fingerprint density at radius 1 is 1.27 bits per heavy atom. The molecule has 1 saturated heterocycles. The van der Waals surface area contributed by atoms with Crippen LogP contribution in [0.4, 0.5) is 13.2 Å². The number of ether oxygens (including phenoxy) is 1. The molecule has 2 rings (SSSR count). The van der Waals surface area contributed by atoms with Crippen LogP contribution in [-0.4, -0.2) is 50.2 Å². The highest BCUT2D eigenvalue weighted by Crippen LogP contribution is 2.24. The molecule has 1 aliphatic rings. The number of hydrogen-bond acceptors (Lipinski definition) is 4. The van der Waals surface area contributed by atoms with Crippen LogP contribution in [0.15, 0.2) is 24.3 Å². The van der Waals surface area contributed by atoms with E-state index in [0.717, 1.165) is 18.4 Å². The molecule has 0 unspecified atom stereocenters. The molecule has 1 aromatic carbocycles. The number of rotatable bonds is 3. The van der Waals surface area contributed by atoms with E-state index in [1.165, 1.54) is 17.0 Å². The van der Waals surface area contributed by atoms with Gasteiger partial charge in [0.25, 0.3) is 5.91 Å². The molecule has 0 bridgehead atoms. The molecule has 0 radical (unpaired) electrons. The van der Waals surface area contributed by atoms with Crippen molar-refractivity contribution < 1.29 is 31.1 Å². The summed E-state index contributed by atoms with van der Waals surface area (Å²) in [6.07, 6.45) is -3.31. The lowest BCUT2D eigenvalue weighted by molar-refractivity contribution is -0.274. The van der Waals surface area contributed by atoms with Crippen LogP contribution < -0.4 is 4.74 Å². The average molecular weight is 337 g/mol. The lowest BCUT2D eigenvalue weighted by Crippen LogP contribution is -2.31. The van der Waals surface area contributed by atoms with Gasteiger partial charge >= 0.3 is 6.36 Å². The van der Waals surface area contributed by atoms with Gasteiger partial charge in [0.05, 0.1) is 5.25 Å². The maximum absolute atomic E-state index is 12.2. The molecule has 0 saturated carbocycles. The lowest BCUT2D eigenvalue weighted by atomic mass is 10.2. The van der Waals surface area contributed by atoms with Crippen molar-refractivity contribution in [3.05, 3.63) is 29.8 Å². The van der Waals surface area contributed by atoms with Gasteiger partial charge in [-0.15, -0.1) is 13.2 Å². The molecule has 1 heterocycles. The third kappa shape index (κ3) is 4.12. The van der Waals surface area contributed by atoms with Crippen molar-refractivity contribution in [2.75, 3.05) is 19.3 Å². The molecule has 1 aliphatic heterocycles. The standard InChI is InChI=1S/C13H14F3NO4S/c1-22(19,20)11-6-7-17(8-11)12(18)9-2-4-10(5-3-9)21-13(14,15)16/h2-5,11H,6-8H2,1H3/t11-/m1/s1. The van der Waals surface area contributed by atoms with Crippen molar-refractivity contribution in [3.63, 3.8) is 0 Å². The molecular weight excluding hydrogens is 323 g/mol. The maximum atomic E-state index is 12.2. The smallest absolute Gasteiger partial charge is 0.406 e. The van der Waals surface area contributed by atoms with Gasteiger partial charge in [0, 0.05) is 24.9 Å². The van der Waals surface area contributed by atoms with Gasteiger partial charge in [0.2, 0.25) is 0 Å². The van der Waals surface area contributed by atoms with E-state index in [1.54, 1.807) is 0 Å². The van der Waals surface area contributed by atoms with Crippen LogP contribution in [-0.2, 0) is 9.84 Å². The summed E-state index contributed by atoms with van der Waals surface area (Å²) < 4.78 is 62.8. The van der Waals surface area contributed by atoms with E-state index in [9.17, 15) is 26.4 Å².